The summed E-state index contributed by atoms with van der Waals surface area (Å²) in [4.78, 5) is 12.4. The standard InChI is InChI=1S/C47H87NO3/c1-3-5-7-9-11-13-15-16-17-18-19-20-21-22-23-24-25-26-27-28-29-30-31-32-33-35-37-39-41-43-47(51)48-45(44-49)46(50)42-40-38-36-34-14-12-10-8-6-4-2/h5,7,11,13,16-17,19-20,45-46,49-50H,3-4,6,8-10,12,14-15,18,21-44H2,1-2H3,(H,48,51)/b7-5-,13-11-,17-16-,20-19-. The van der Waals surface area contributed by atoms with Crippen LogP contribution in [0.3, 0.4) is 0 Å². The van der Waals surface area contributed by atoms with Crippen molar-refractivity contribution in [3.8, 4) is 0 Å². The van der Waals surface area contributed by atoms with Crippen molar-refractivity contribution >= 4 is 5.91 Å². The molecular formula is C47H87NO3. The van der Waals surface area contributed by atoms with E-state index in [1.54, 1.807) is 0 Å². The number of unbranched alkanes of at least 4 members (excludes halogenated alkanes) is 25. The summed E-state index contributed by atoms with van der Waals surface area (Å²) < 4.78 is 0. The zero-order chi connectivity index (χ0) is 37.1. The number of carbonyl (C=O) groups excluding carboxylic acids is 1. The second kappa shape index (κ2) is 42.8. The molecule has 0 aliphatic heterocycles. The highest BCUT2D eigenvalue weighted by atomic mass is 16.3. The molecule has 0 aliphatic rings. The Balaban J connectivity index is 3.45. The molecular weight excluding hydrogens is 627 g/mol. The first kappa shape index (κ1) is 49.4. The first-order chi connectivity index (χ1) is 25.2. The number of hydrogen-bond acceptors (Lipinski definition) is 3. The van der Waals surface area contributed by atoms with Crippen molar-refractivity contribution in [1.82, 2.24) is 5.32 Å². The monoisotopic (exact) mass is 714 g/mol. The Kier molecular flexibility index (Phi) is 41.4. The van der Waals surface area contributed by atoms with Gasteiger partial charge in [-0.1, -0.05) is 217 Å². The number of aliphatic hydroxyl groups excluding tert-OH is 2. The van der Waals surface area contributed by atoms with Gasteiger partial charge >= 0.3 is 0 Å². The van der Waals surface area contributed by atoms with Gasteiger partial charge in [-0.15, -0.1) is 0 Å². The predicted molar refractivity (Wildman–Crippen MR) is 225 cm³/mol. The lowest BCUT2D eigenvalue weighted by Crippen LogP contribution is -2.45. The molecule has 4 heteroatoms. The highest BCUT2D eigenvalue weighted by Crippen LogP contribution is 2.16. The van der Waals surface area contributed by atoms with Gasteiger partial charge in [0.15, 0.2) is 0 Å². The number of allylic oxidation sites excluding steroid dienone is 8. The van der Waals surface area contributed by atoms with Gasteiger partial charge in [0.25, 0.3) is 0 Å². The molecule has 0 bridgehead atoms. The molecule has 0 aliphatic carbocycles. The molecule has 1 amide bonds. The minimum absolute atomic E-state index is 0.0334. The Morgan fingerprint density at radius 1 is 0.490 bits per heavy atom. The molecule has 3 N–H and O–H groups in total. The van der Waals surface area contributed by atoms with Gasteiger partial charge < -0.3 is 15.5 Å². The fourth-order valence-corrected chi connectivity index (χ4v) is 6.70. The van der Waals surface area contributed by atoms with Gasteiger partial charge in [-0.2, -0.15) is 0 Å². The van der Waals surface area contributed by atoms with Gasteiger partial charge in [0.05, 0.1) is 18.8 Å². The molecule has 0 aromatic carbocycles. The van der Waals surface area contributed by atoms with Gasteiger partial charge in [-0.25, -0.2) is 0 Å². The van der Waals surface area contributed by atoms with Crippen LogP contribution in [-0.4, -0.2) is 34.9 Å². The summed E-state index contributed by atoms with van der Waals surface area (Å²) in [6.07, 6.45) is 57.7. The van der Waals surface area contributed by atoms with Crippen molar-refractivity contribution in [1.29, 1.82) is 0 Å². The molecule has 0 saturated heterocycles. The largest absolute Gasteiger partial charge is 0.394 e. The number of aliphatic hydroxyl groups is 2. The second-order valence-corrected chi connectivity index (χ2v) is 15.1. The average molecular weight is 714 g/mol. The summed E-state index contributed by atoms with van der Waals surface area (Å²) >= 11 is 0. The van der Waals surface area contributed by atoms with Crippen LogP contribution in [0.2, 0.25) is 0 Å². The lowest BCUT2D eigenvalue weighted by molar-refractivity contribution is -0.123. The highest BCUT2D eigenvalue weighted by molar-refractivity contribution is 5.76. The van der Waals surface area contributed by atoms with Gasteiger partial charge in [0.2, 0.25) is 5.91 Å². The van der Waals surface area contributed by atoms with Crippen molar-refractivity contribution in [2.24, 2.45) is 0 Å². The fourth-order valence-electron chi connectivity index (χ4n) is 6.70. The lowest BCUT2D eigenvalue weighted by Gasteiger charge is -2.22. The van der Waals surface area contributed by atoms with E-state index in [9.17, 15) is 15.0 Å². The van der Waals surface area contributed by atoms with E-state index in [0.29, 0.717) is 12.8 Å². The Bertz CT molecular complexity index is 816. The maximum Gasteiger partial charge on any atom is 0.220 e. The smallest absolute Gasteiger partial charge is 0.220 e. The van der Waals surface area contributed by atoms with Crippen LogP contribution >= 0.6 is 0 Å². The van der Waals surface area contributed by atoms with Crippen molar-refractivity contribution in [3.05, 3.63) is 48.6 Å². The van der Waals surface area contributed by atoms with E-state index in [0.717, 1.165) is 51.4 Å². The molecule has 51 heavy (non-hydrogen) atoms. The van der Waals surface area contributed by atoms with Crippen LogP contribution in [0.4, 0.5) is 0 Å². The van der Waals surface area contributed by atoms with Crippen molar-refractivity contribution in [2.75, 3.05) is 6.61 Å². The third-order valence-electron chi connectivity index (χ3n) is 10.1. The topological polar surface area (TPSA) is 69.6 Å². The van der Waals surface area contributed by atoms with Crippen molar-refractivity contribution < 1.29 is 15.0 Å². The summed E-state index contributed by atoms with van der Waals surface area (Å²) in [6, 6.07) is -0.534. The van der Waals surface area contributed by atoms with Crippen LogP contribution in [0.5, 0.6) is 0 Å². The van der Waals surface area contributed by atoms with E-state index in [-0.39, 0.29) is 12.5 Å². The van der Waals surface area contributed by atoms with Crippen LogP contribution in [0.15, 0.2) is 48.6 Å². The molecule has 0 radical (unpaired) electrons. The maximum absolute atomic E-state index is 12.4. The van der Waals surface area contributed by atoms with Crippen LogP contribution in [0.1, 0.15) is 226 Å². The fraction of sp³-hybridized carbons (Fsp3) is 0.809. The maximum atomic E-state index is 12.4. The lowest BCUT2D eigenvalue weighted by atomic mass is 10.0. The Labute approximate surface area is 318 Å². The van der Waals surface area contributed by atoms with Crippen LogP contribution in [-0.2, 0) is 4.79 Å². The summed E-state index contributed by atoms with van der Waals surface area (Å²) in [5.41, 5.74) is 0. The quantitative estimate of drug-likeness (QED) is 0.0437. The summed E-state index contributed by atoms with van der Waals surface area (Å²) in [5.74, 6) is -0.0334. The third-order valence-corrected chi connectivity index (χ3v) is 10.1. The predicted octanol–water partition coefficient (Wildman–Crippen LogP) is 14.0. The van der Waals surface area contributed by atoms with E-state index in [4.69, 9.17) is 0 Å². The van der Waals surface area contributed by atoms with Gasteiger partial charge in [-0.3, -0.25) is 4.79 Å². The average Bonchev–Trinajstić information content (AvgIpc) is 3.13. The van der Waals surface area contributed by atoms with E-state index in [1.807, 2.05) is 0 Å². The van der Waals surface area contributed by atoms with Crippen molar-refractivity contribution in [3.63, 3.8) is 0 Å². The zero-order valence-electron chi connectivity index (χ0n) is 34.1. The molecule has 298 valence electrons. The van der Waals surface area contributed by atoms with Crippen LogP contribution < -0.4 is 5.32 Å². The molecule has 0 aromatic rings. The van der Waals surface area contributed by atoms with E-state index >= 15 is 0 Å². The van der Waals surface area contributed by atoms with E-state index in [2.05, 4.69) is 67.8 Å². The summed E-state index contributed by atoms with van der Waals surface area (Å²) in [7, 11) is 0. The number of hydrogen-bond donors (Lipinski definition) is 3. The van der Waals surface area contributed by atoms with Crippen molar-refractivity contribution in [2.45, 2.75) is 238 Å². The van der Waals surface area contributed by atoms with Crippen LogP contribution in [0.25, 0.3) is 0 Å². The molecule has 2 atom stereocenters. The minimum atomic E-state index is -0.657. The first-order valence-corrected chi connectivity index (χ1v) is 22.3. The van der Waals surface area contributed by atoms with Gasteiger partial charge in [-0.05, 0) is 51.4 Å². The zero-order valence-corrected chi connectivity index (χ0v) is 34.1. The van der Waals surface area contributed by atoms with Gasteiger partial charge in [0, 0.05) is 6.42 Å². The second-order valence-electron chi connectivity index (χ2n) is 15.1. The molecule has 0 rings (SSSR count). The number of carbonyl (C=O) groups is 1. The number of nitrogens with one attached hydrogen (secondary N) is 1. The molecule has 0 spiro atoms. The van der Waals surface area contributed by atoms with Gasteiger partial charge in [0.1, 0.15) is 0 Å². The van der Waals surface area contributed by atoms with Crippen LogP contribution in [0, 0.1) is 0 Å². The summed E-state index contributed by atoms with van der Waals surface area (Å²) in [6.45, 7) is 4.23. The molecule has 4 nitrogen and oxygen atoms in total. The minimum Gasteiger partial charge on any atom is -0.394 e. The first-order valence-electron chi connectivity index (χ1n) is 22.3. The highest BCUT2D eigenvalue weighted by Gasteiger charge is 2.20. The normalized spacial score (nSPS) is 13.4. The number of rotatable bonds is 40. The molecule has 0 saturated carbocycles. The Morgan fingerprint density at radius 3 is 1.29 bits per heavy atom. The SMILES string of the molecule is CC/C=C\C/C=C\C/C=C\C/C=C\CCCCCCCCCCCCCCCCCCC(=O)NC(CO)C(O)CCCCCCCCCCCC. The summed E-state index contributed by atoms with van der Waals surface area (Å²) in [5, 5.41) is 23.1. The Morgan fingerprint density at radius 2 is 0.863 bits per heavy atom. The Hall–Kier alpha value is -1.65. The molecule has 0 heterocycles. The molecule has 2 unspecified atom stereocenters. The molecule has 0 aromatic heterocycles. The number of amides is 1. The van der Waals surface area contributed by atoms with E-state index in [1.165, 1.54) is 148 Å². The molecule has 0 fully saturated rings. The van der Waals surface area contributed by atoms with E-state index < -0.39 is 12.1 Å². The third kappa shape index (κ3) is 39.4.